The molecule has 0 aliphatic rings. The minimum atomic E-state index is -0.580. The summed E-state index contributed by atoms with van der Waals surface area (Å²) >= 11 is 9.53. The first kappa shape index (κ1) is 24.3. The van der Waals surface area contributed by atoms with E-state index >= 15 is 0 Å². The molecule has 0 saturated carbocycles. The first-order valence-electron chi connectivity index (χ1n) is 9.75. The van der Waals surface area contributed by atoms with Gasteiger partial charge in [0.25, 0.3) is 5.91 Å². The lowest BCUT2D eigenvalue weighted by Crippen LogP contribution is -2.13. The van der Waals surface area contributed by atoms with Crippen LogP contribution in [0.4, 0.5) is 10.1 Å². The van der Waals surface area contributed by atoms with Crippen LogP contribution in [0.15, 0.2) is 64.6 Å². The van der Waals surface area contributed by atoms with E-state index in [-0.39, 0.29) is 18.0 Å². The second-order valence-corrected chi connectivity index (χ2v) is 8.25. The van der Waals surface area contributed by atoms with Gasteiger partial charge < -0.3 is 14.8 Å². The third-order valence-electron chi connectivity index (χ3n) is 4.72. The fourth-order valence-corrected chi connectivity index (χ4v) is 3.50. The number of nitrogens with zero attached hydrogens (tertiary/aromatic N) is 1. The van der Waals surface area contributed by atoms with Crippen LogP contribution in [-0.2, 0) is 11.4 Å². The van der Waals surface area contributed by atoms with Gasteiger partial charge in [0.05, 0.1) is 7.11 Å². The smallest absolute Gasteiger partial charge is 0.266 e. The summed E-state index contributed by atoms with van der Waals surface area (Å²) in [5, 5.41) is 12.7. The van der Waals surface area contributed by atoms with E-state index in [1.807, 2.05) is 13.0 Å². The van der Waals surface area contributed by atoms with Gasteiger partial charge in [0.15, 0.2) is 11.5 Å². The number of rotatable bonds is 7. The predicted molar refractivity (Wildman–Crippen MR) is 130 cm³/mol. The van der Waals surface area contributed by atoms with Crippen LogP contribution in [0.25, 0.3) is 6.08 Å². The summed E-state index contributed by atoms with van der Waals surface area (Å²) in [6, 6.07) is 16.6. The molecule has 3 rings (SSSR count). The zero-order chi connectivity index (χ0) is 24.0. The third-order valence-corrected chi connectivity index (χ3v) is 5.81. The maximum atomic E-state index is 13.9. The van der Waals surface area contributed by atoms with Gasteiger partial charge in [0, 0.05) is 20.7 Å². The zero-order valence-electron chi connectivity index (χ0n) is 17.8. The normalized spacial score (nSPS) is 11.0. The number of carbonyl (C=O) groups is 1. The molecule has 0 saturated heterocycles. The summed E-state index contributed by atoms with van der Waals surface area (Å²) in [6.45, 7) is 1.86. The Bertz CT molecular complexity index is 1270. The third kappa shape index (κ3) is 6.13. The van der Waals surface area contributed by atoms with E-state index in [2.05, 4.69) is 21.2 Å². The molecule has 0 aliphatic heterocycles. The van der Waals surface area contributed by atoms with Crippen LogP contribution in [0.5, 0.6) is 11.5 Å². The fourth-order valence-electron chi connectivity index (χ4n) is 2.88. The Morgan fingerprint density at radius 1 is 1.21 bits per heavy atom. The summed E-state index contributed by atoms with van der Waals surface area (Å²) < 4.78 is 25.6. The lowest BCUT2D eigenvalue weighted by molar-refractivity contribution is -0.112. The topological polar surface area (TPSA) is 71.3 Å². The van der Waals surface area contributed by atoms with E-state index in [1.165, 1.54) is 19.3 Å². The highest BCUT2D eigenvalue weighted by Crippen LogP contribution is 2.35. The van der Waals surface area contributed by atoms with Crippen molar-refractivity contribution in [2.45, 2.75) is 13.5 Å². The van der Waals surface area contributed by atoms with Gasteiger partial charge in [-0.05, 0) is 54.5 Å². The molecule has 0 atom stereocenters. The summed E-state index contributed by atoms with van der Waals surface area (Å²) in [7, 11) is 1.46. The minimum absolute atomic E-state index is 0.00954. The average Bonchev–Trinajstić information content (AvgIpc) is 2.80. The molecule has 0 radical (unpaired) electrons. The molecule has 1 amide bonds. The maximum absolute atomic E-state index is 13.9. The van der Waals surface area contributed by atoms with Crippen LogP contribution >= 0.6 is 27.5 Å². The minimum Gasteiger partial charge on any atom is -0.493 e. The largest absolute Gasteiger partial charge is 0.493 e. The van der Waals surface area contributed by atoms with Gasteiger partial charge in [0.1, 0.15) is 24.1 Å². The van der Waals surface area contributed by atoms with E-state index in [4.69, 9.17) is 21.1 Å². The quantitative estimate of drug-likeness (QED) is 0.274. The summed E-state index contributed by atoms with van der Waals surface area (Å²) in [5.74, 6) is -0.205. The maximum Gasteiger partial charge on any atom is 0.266 e. The Balaban J connectivity index is 1.83. The highest BCUT2D eigenvalue weighted by molar-refractivity contribution is 9.10. The van der Waals surface area contributed by atoms with Gasteiger partial charge in [-0.2, -0.15) is 5.26 Å². The number of nitrogens with one attached hydrogen (secondary N) is 1. The number of hydrogen-bond acceptors (Lipinski definition) is 4. The number of aryl methyl sites for hydroxylation is 1. The number of nitriles is 1. The molecule has 0 unspecified atom stereocenters. The molecule has 5 nitrogen and oxygen atoms in total. The van der Waals surface area contributed by atoms with Crippen molar-refractivity contribution in [2.24, 2.45) is 0 Å². The molecule has 0 aromatic heterocycles. The van der Waals surface area contributed by atoms with Crippen LogP contribution in [0.1, 0.15) is 16.7 Å². The van der Waals surface area contributed by atoms with Crippen molar-refractivity contribution in [3.05, 3.63) is 92.2 Å². The monoisotopic (exact) mass is 528 g/mol. The van der Waals surface area contributed by atoms with Gasteiger partial charge in [-0.15, -0.1) is 0 Å². The fraction of sp³-hybridized carbons (Fsp3) is 0.120. The first-order chi connectivity index (χ1) is 15.8. The summed E-state index contributed by atoms with van der Waals surface area (Å²) in [5.41, 5.74) is 2.16. The van der Waals surface area contributed by atoms with Gasteiger partial charge in [-0.25, -0.2) is 4.39 Å². The zero-order valence-corrected chi connectivity index (χ0v) is 20.1. The lowest BCUT2D eigenvalue weighted by atomic mass is 10.1. The summed E-state index contributed by atoms with van der Waals surface area (Å²) in [6.07, 6.45) is 1.43. The van der Waals surface area contributed by atoms with Gasteiger partial charge >= 0.3 is 0 Å². The van der Waals surface area contributed by atoms with Gasteiger partial charge in [0.2, 0.25) is 0 Å². The van der Waals surface area contributed by atoms with E-state index in [9.17, 15) is 14.4 Å². The molecule has 3 aromatic carbocycles. The SMILES string of the molecule is COc1cc(/C=C(/C#N)C(=O)Nc2ccc(C)c(Cl)c2)c(Br)cc1OCc1ccccc1F. The number of ether oxygens (including phenoxy) is 2. The van der Waals surface area contributed by atoms with Crippen molar-refractivity contribution in [1.29, 1.82) is 5.26 Å². The van der Waals surface area contributed by atoms with Crippen molar-refractivity contribution in [3.8, 4) is 17.6 Å². The van der Waals surface area contributed by atoms with E-state index in [0.29, 0.717) is 37.8 Å². The highest BCUT2D eigenvalue weighted by Gasteiger charge is 2.15. The molecule has 33 heavy (non-hydrogen) atoms. The van der Waals surface area contributed by atoms with Crippen molar-refractivity contribution >= 4 is 45.2 Å². The Labute approximate surface area is 204 Å². The van der Waals surface area contributed by atoms with E-state index < -0.39 is 5.91 Å². The van der Waals surface area contributed by atoms with Crippen molar-refractivity contribution in [1.82, 2.24) is 0 Å². The standard InChI is InChI=1S/C25H19BrClFN2O3/c1-15-7-8-19(11-21(15)27)30-25(31)18(13-29)9-17-10-23(32-2)24(12-20(17)26)33-14-16-5-3-4-6-22(16)28/h3-12H,14H2,1-2H3,(H,30,31)/b18-9-. The van der Waals surface area contributed by atoms with Gasteiger partial charge in [-0.3, -0.25) is 4.79 Å². The van der Waals surface area contributed by atoms with Crippen LogP contribution in [0.3, 0.4) is 0 Å². The number of carbonyl (C=O) groups excluding carboxylic acids is 1. The molecule has 0 spiro atoms. The van der Waals surface area contributed by atoms with E-state index in [1.54, 1.807) is 48.5 Å². The van der Waals surface area contributed by atoms with Crippen LogP contribution < -0.4 is 14.8 Å². The molecular formula is C25H19BrClFN2O3. The average molecular weight is 530 g/mol. The molecule has 8 heteroatoms. The number of methoxy groups -OCH3 is 1. The molecule has 0 fully saturated rings. The second kappa shape index (κ2) is 11.0. The molecule has 0 aliphatic carbocycles. The molecular weight excluding hydrogens is 511 g/mol. The highest BCUT2D eigenvalue weighted by atomic mass is 79.9. The van der Waals surface area contributed by atoms with Crippen molar-refractivity contribution < 1.29 is 18.7 Å². The van der Waals surface area contributed by atoms with Crippen LogP contribution in [0, 0.1) is 24.1 Å². The molecule has 3 aromatic rings. The number of anilines is 1. The Hall–Kier alpha value is -3.34. The van der Waals surface area contributed by atoms with Crippen LogP contribution in [-0.4, -0.2) is 13.0 Å². The molecule has 1 N–H and O–H groups in total. The molecule has 168 valence electrons. The summed E-state index contributed by atoms with van der Waals surface area (Å²) in [4.78, 5) is 12.6. The van der Waals surface area contributed by atoms with E-state index in [0.717, 1.165) is 5.56 Å². The molecule has 0 heterocycles. The van der Waals surface area contributed by atoms with Gasteiger partial charge in [-0.1, -0.05) is 51.8 Å². The number of amides is 1. The van der Waals surface area contributed by atoms with Crippen LogP contribution in [0.2, 0.25) is 5.02 Å². The Kier molecular flexibility index (Phi) is 8.10. The lowest BCUT2D eigenvalue weighted by Gasteiger charge is -2.13. The molecule has 0 bridgehead atoms. The van der Waals surface area contributed by atoms with Crippen molar-refractivity contribution in [3.63, 3.8) is 0 Å². The number of halogens is 3. The second-order valence-electron chi connectivity index (χ2n) is 6.99. The first-order valence-corrected chi connectivity index (χ1v) is 10.9. The number of benzene rings is 3. The number of hydrogen-bond donors (Lipinski definition) is 1. The Morgan fingerprint density at radius 3 is 2.64 bits per heavy atom. The Morgan fingerprint density at radius 2 is 1.97 bits per heavy atom. The van der Waals surface area contributed by atoms with Crippen molar-refractivity contribution in [2.75, 3.05) is 12.4 Å². The predicted octanol–water partition coefficient (Wildman–Crippen LogP) is 6.68.